The van der Waals surface area contributed by atoms with E-state index in [-0.39, 0.29) is 48.0 Å². The van der Waals surface area contributed by atoms with Crippen LogP contribution in [0.1, 0.15) is 81.8 Å². The van der Waals surface area contributed by atoms with E-state index in [0.29, 0.717) is 25.0 Å². The Hall–Kier alpha value is -5.18. The lowest BCUT2D eigenvalue weighted by atomic mass is 9.93. The lowest BCUT2D eigenvalue weighted by molar-refractivity contribution is -0.136. The number of nitrogens with one attached hydrogen (secondary N) is 2. The van der Waals surface area contributed by atoms with E-state index >= 15 is 0 Å². The Kier molecular flexibility index (Phi) is 13.4. The summed E-state index contributed by atoms with van der Waals surface area (Å²) >= 11 is 0. The van der Waals surface area contributed by atoms with Gasteiger partial charge in [0.25, 0.3) is 17.7 Å². The van der Waals surface area contributed by atoms with Crippen LogP contribution in [-0.4, -0.2) is 134 Å². The molecule has 0 aliphatic carbocycles. The highest BCUT2D eigenvalue weighted by molar-refractivity contribution is 6.23. The SMILES string of the molecule is Cc1cccc(F)c1CN1C[C@H](c2ccc(N3CCN(CCCCCCNC(=O)COc4ccc5c(c4)C(=O)N(C4CCC(=O)NC4=O)C5=O)CC3)cc2)[C@@H](N(C)C)C1. The highest BCUT2D eigenvalue weighted by Crippen LogP contribution is 2.34. The fourth-order valence-electron chi connectivity index (χ4n) is 8.88. The molecule has 3 aromatic carbocycles. The summed E-state index contributed by atoms with van der Waals surface area (Å²) in [7, 11) is 4.28. The van der Waals surface area contributed by atoms with Crippen molar-refractivity contribution in [2.24, 2.45) is 0 Å². The van der Waals surface area contributed by atoms with Crippen molar-refractivity contribution >= 4 is 35.2 Å². The standard InChI is InChI=1S/C45H56FN7O6/c1-30-9-8-10-38(46)36(30)26-51-27-37(40(28-51)49(2)3)31-11-13-32(14-12-31)52-23-21-50(22-24-52)20-7-5-4-6-19-47-42(55)29-59-33-15-16-34-35(25-33)45(58)53(44(34)57)39-17-18-41(54)48-43(39)56/h8-16,25,37,39-40H,4-7,17-24,26-29H2,1-3H3,(H,47,55)(H,48,54,56)/t37-,39?,40+/m1/s1. The number of anilines is 1. The molecule has 59 heavy (non-hydrogen) atoms. The fraction of sp³-hybridized carbons (Fsp3) is 0.489. The molecule has 4 aliphatic rings. The van der Waals surface area contributed by atoms with Crippen LogP contribution in [-0.2, 0) is 20.9 Å². The van der Waals surface area contributed by atoms with Crippen LogP contribution in [0.3, 0.4) is 0 Å². The maximum atomic E-state index is 14.6. The normalized spacial score (nSPS) is 21.3. The molecule has 5 amide bonds. The van der Waals surface area contributed by atoms with Gasteiger partial charge in [-0.25, -0.2) is 4.39 Å². The Balaban J connectivity index is 0.762. The minimum absolute atomic E-state index is 0.0463. The molecule has 0 radical (unpaired) electrons. The summed E-state index contributed by atoms with van der Waals surface area (Å²) in [5, 5.41) is 5.06. The van der Waals surface area contributed by atoms with E-state index in [0.717, 1.165) is 87.5 Å². The van der Waals surface area contributed by atoms with E-state index in [9.17, 15) is 28.4 Å². The first kappa shape index (κ1) is 42.0. The van der Waals surface area contributed by atoms with Crippen LogP contribution in [0, 0.1) is 12.7 Å². The van der Waals surface area contributed by atoms with Gasteiger partial charge in [-0.2, -0.15) is 0 Å². The van der Waals surface area contributed by atoms with Crippen molar-refractivity contribution in [1.82, 2.24) is 30.2 Å². The maximum Gasteiger partial charge on any atom is 0.262 e. The molecule has 0 bridgehead atoms. The predicted octanol–water partition coefficient (Wildman–Crippen LogP) is 3.94. The number of benzene rings is 3. The summed E-state index contributed by atoms with van der Waals surface area (Å²) in [6, 6.07) is 18.2. The zero-order valence-electron chi connectivity index (χ0n) is 34.4. The third-order valence-electron chi connectivity index (χ3n) is 12.3. The number of fused-ring (bicyclic) bond motifs is 1. The molecule has 1 unspecified atom stereocenters. The average Bonchev–Trinajstić information content (AvgIpc) is 3.76. The van der Waals surface area contributed by atoms with Crippen LogP contribution in [0.15, 0.2) is 60.7 Å². The maximum absolute atomic E-state index is 14.6. The van der Waals surface area contributed by atoms with Crippen LogP contribution in [0.5, 0.6) is 5.75 Å². The molecular weight excluding hydrogens is 754 g/mol. The molecule has 314 valence electrons. The monoisotopic (exact) mass is 809 g/mol. The number of likely N-dealkylation sites (tertiary alicyclic amines) is 1. The molecule has 7 rings (SSSR count). The van der Waals surface area contributed by atoms with Gasteiger partial charge in [0.2, 0.25) is 11.8 Å². The van der Waals surface area contributed by atoms with E-state index in [1.54, 1.807) is 12.1 Å². The summed E-state index contributed by atoms with van der Waals surface area (Å²) in [6.07, 6.45) is 4.18. The van der Waals surface area contributed by atoms with Crippen molar-refractivity contribution < 1.29 is 33.1 Å². The largest absolute Gasteiger partial charge is 0.484 e. The molecule has 4 heterocycles. The van der Waals surface area contributed by atoms with Gasteiger partial charge >= 0.3 is 0 Å². The Morgan fingerprint density at radius 3 is 2.36 bits per heavy atom. The van der Waals surface area contributed by atoms with E-state index in [1.165, 1.54) is 29.4 Å². The lowest BCUT2D eigenvalue weighted by Crippen LogP contribution is -2.54. The smallest absolute Gasteiger partial charge is 0.262 e. The first-order valence-electron chi connectivity index (χ1n) is 20.9. The second kappa shape index (κ2) is 18.8. The minimum atomic E-state index is -1.04. The van der Waals surface area contributed by atoms with Crippen molar-refractivity contribution in [1.29, 1.82) is 0 Å². The second-order valence-electron chi connectivity index (χ2n) is 16.5. The average molecular weight is 810 g/mol. The number of halogens is 1. The Labute approximate surface area is 345 Å². The summed E-state index contributed by atoms with van der Waals surface area (Å²) in [6.45, 7) is 9.85. The van der Waals surface area contributed by atoms with E-state index < -0.39 is 29.7 Å². The van der Waals surface area contributed by atoms with Crippen molar-refractivity contribution in [3.63, 3.8) is 0 Å². The van der Waals surface area contributed by atoms with Gasteiger partial charge in [0, 0.05) is 82.0 Å². The van der Waals surface area contributed by atoms with Crippen LogP contribution in [0.4, 0.5) is 10.1 Å². The minimum Gasteiger partial charge on any atom is -0.484 e. The zero-order valence-corrected chi connectivity index (χ0v) is 34.4. The quantitative estimate of drug-likeness (QED) is 0.162. The zero-order chi connectivity index (χ0) is 41.6. The van der Waals surface area contributed by atoms with Gasteiger partial charge in [-0.15, -0.1) is 0 Å². The molecule has 13 nitrogen and oxygen atoms in total. The number of nitrogens with zero attached hydrogens (tertiary/aromatic N) is 5. The van der Waals surface area contributed by atoms with Crippen LogP contribution in [0.25, 0.3) is 0 Å². The van der Waals surface area contributed by atoms with Crippen molar-refractivity contribution in [3.8, 4) is 5.75 Å². The molecule has 4 aliphatic heterocycles. The van der Waals surface area contributed by atoms with Gasteiger partial charge in [0.1, 0.15) is 17.6 Å². The van der Waals surface area contributed by atoms with Gasteiger partial charge in [0.15, 0.2) is 6.61 Å². The third-order valence-corrected chi connectivity index (χ3v) is 12.3. The van der Waals surface area contributed by atoms with Gasteiger partial charge in [-0.3, -0.25) is 44.0 Å². The number of likely N-dealkylation sites (N-methyl/N-ethyl adjacent to an activating group) is 1. The number of imide groups is 2. The first-order chi connectivity index (χ1) is 28.5. The molecule has 3 aromatic rings. The molecule has 3 atom stereocenters. The van der Waals surface area contributed by atoms with Crippen molar-refractivity contribution in [3.05, 3.63) is 94.3 Å². The molecule has 2 N–H and O–H groups in total. The summed E-state index contributed by atoms with van der Waals surface area (Å²) < 4.78 is 20.2. The number of ether oxygens (including phenoxy) is 1. The van der Waals surface area contributed by atoms with Gasteiger partial charge in [0.05, 0.1) is 11.1 Å². The Bertz CT molecular complexity index is 2010. The first-order valence-corrected chi connectivity index (χ1v) is 20.9. The van der Waals surface area contributed by atoms with Crippen LogP contribution in [0.2, 0.25) is 0 Å². The number of piperidine rings is 1. The Morgan fingerprint density at radius 2 is 1.63 bits per heavy atom. The van der Waals surface area contributed by atoms with Gasteiger partial charge in [-0.1, -0.05) is 37.1 Å². The molecule has 3 fully saturated rings. The number of piperazine rings is 1. The van der Waals surface area contributed by atoms with E-state index in [4.69, 9.17) is 4.74 Å². The van der Waals surface area contributed by atoms with Crippen molar-refractivity contribution in [2.75, 3.05) is 78.0 Å². The number of hydrogen-bond donors (Lipinski definition) is 2. The highest BCUT2D eigenvalue weighted by Gasteiger charge is 2.45. The number of aryl methyl sites for hydroxylation is 1. The molecule has 3 saturated heterocycles. The van der Waals surface area contributed by atoms with Gasteiger partial charge < -0.3 is 19.9 Å². The number of amides is 5. The fourth-order valence-corrected chi connectivity index (χ4v) is 8.88. The Morgan fingerprint density at radius 1 is 0.881 bits per heavy atom. The number of carbonyl (C=O) groups is 5. The number of unbranched alkanes of at least 4 members (excludes halogenated alkanes) is 3. The van der Waals surface area contributed by atoms with Crippen LogP contribution >= 0.6 is 0 Å². The number of rotatable bonds is 16. The summed E-state index contributed by atoms with van der Waals surface area (Å²) in [4.78, 5) is 72.8. The molecular formula is C45H56FN7O6. The van der Waals surface area contributed by atoms with Crippen molar-refractivity contribution in [2.45, 2.75) is 70.0 Å². The number of carbonyl (C=O) groups excluding carboxylic acids is 5. The molecule has 14 heteroatoms. The molecule has 0 saturated carbocycles. The number of hydrogen-bond acceptors (Lipinski definition) is 10. The lowest BCUT2D eigenvalue weighted by Gasteiger charge is -2.36. The van der Waals surface area contributed by atoms with E-state index in [2.05, 4.69) is 68.6 Å². The topological polar surface area (TPSA) is 135 Å². The summed E-state index contributed by atoms with van der Waals surface area (Å²) in [5.74, 6) is -2.08. The third kappa shape index (κ3) is 9.83. The second-order valence-corrected chi connectivity index (χ2v) is 16.5. The predicted molar refractivity (Wildman–Crippen MR) is 222 cm³/mol. The molecule has 0 aromatic heterocycles. The summed E-state index contributed by atoms with van der Waals surface area (Å²) in [5.41, 5.74) is 4.66. The van der Waals surface area contributed by atoms with Gasteiger partial charge in [-0.05, 0) is 94.4 Å². The van der Waals surface area contributed by atoms with E-state index in [1.807, 2.05) is 13.0 Å². The highest BCUT2D eigenvalue weighted by atomic mass is 19.1. The van der Waals surface area contributed by atoms with Crippen LogP contribution < -0.4 is 20.3 Å². The molecule has 0 spiro atoms.